The lowest BCUT2D eigenvalue weighted by Gasteiger charge is -2.40. The third-order valence-electron chi connectivity index (χ3n) is 13.1. The summed E-state index contributed by atoms with van der Waals surface area (Å²) in [5, 5.41) is 28.3. The van der Waals surface area contributed by atoms with Crippen molar-refractivity contribution in [3.05, 3.63) is 84.9 Å². The maximum absolute atomic E-state index is 12.6. The van der Waals surface area contributed by atoms with E-state index in [9.17, 15) is 45.5 Å². The number of ether oxygens (including phenoxy) is 4. The zero-order valence-corrected chi connectivity index (χ0v) is 43.7. The smallest absolute Gasteiger partial charge is 0.484 e. The van der Waals surface area contributed by atoms with Crippen LogP contribution in [0.3, 0.4) is 0 Å². The number of alkyl halides is 6. The number of carbonyl (C=O) groups is 4. The van der Waals surface area contributed by atoms with Gasteiger partial charge >= 0.3 is 24.7 Å². The van der Waals surface area contributed by atoms with Gasteiger partial charge in [-0.05, 0) is 134 Å². The summed E-state index contributed by atoms with van der Waals surface area (Å²) in [6, 6.07) is 21.7. The molecular formula is C54H62F6N8O10. The Kier molecular flexibility index (Phi) is 17.6. The maximum Gasteiger partial charge on any atom is 0.573 e. The number of aliphatic carboxylic acids is 2. The molecule has 420 valence electrons. The van der Waals surface area contributed by atoms with Gasteiger partial charge in [-0.25, -0.2) is 9.97 Å². The van der Waals surface area contributed by atoms with Crippen LogP contribution >= 0.6 is 0 Å². The van der Waals surface area contributed by atoms with Gasteiger partial charge in [-0.2, -0.15) is 0 Å². The summed E-state index contributed by atoms with van der Waals surface area (Å²) >= 11 is 0. The van der Waals surface area contributed by atoms with Crippen molar-refractivity contribution in [3.63, 3.8) is 0 Å². The average Bonchev–Trinajstić information content (AvgIpc) is 4.02. The molecule has 2 aliphatic carbocycles. The molecule has 2 saturated carbocycles. The highest BCUT2D eigenvalue weighted by Gasteiger charge is 2.37. The second-order valence-electron chi connectivity index (χ2n) is 21.4. The van der Waals surface area contributed by atoms with E-state index in [1.54, 1.807) is 24.3 Å². The number of aromatic nitrogens is 4. The summed E-state index contributed by atoms with van der Waals surface area (Å²) in [5.41, 5.74) is 4.19. The minimum absolute atomic E-state index is 0.110. The molecule has 6 N–H and O–H groups in total. The Balaban J connectivity index is 0.000000226. The first-order valence-corrected chi connectivity index (χ1v) is 25.1. The van der Waals surface area contributed by atoms with Gasteiger partial charge in [-0.15, -0.1) is 26.3 Å². The molecule has 2 heterocycles. The van der Waals surface area contributed by atoms with Crippen molar-refractivity contribution in [2.24, 2.45) is 22.7 Å². The maximum atomic E-state index is 12.6. The van der Waals surface area contributed by atoms with Gasteiger partial charge in [0.25, 0.3) is 11.8 Å². The standard InChI is InChI=1S/2C27H31F3N4O5/c2*1-16-10-18(13-26(2,3)12-16)34-22-9-8-20(38-15-23(35)31-14-24(36)37)11-21(22)33-25(34)32-17-4-6-19(7-5-17)39-27(28,29)30/h2*4-9,11,16,18H,10,12-15H2,1-3H3,(H,31,35)(H,32,33)(H,36,37)/t2*16-,18+/m10/s1. The number of hydrogen-bond donors (Lipinski definition) is 6. The molecule has 78 heavy (non-hydrogen) atoms. The zero-order valence-electron chi connectivity index (χ0n) is 43.7. The Morgan fingerprint density at radius 1 is 0.564 bits per heavy atom. The highest BCUT2D eigenvalue weighted by molar-refractivity contribution is 5.85. The van der Waals surface area contributed by atoms with E-state index in [4.69, 9.17) is 29.7 Å². The van der Waals surface area contributed by atoms with Crippen LogP contribution in [0.15, 0.2) is 84.9 Å². The number of fused-ring (bicyclic) bond motifs is 2. The molecule has 4 atom stereocenters. The lowest BCUT2D eigenvalue weighted by Crippen LogP contribution is -2.33. The van der Waals surface area contributed by atoms with E-state index in [1.807, 2.05) is 12.1 Å². The molecule has 18 nitrogen and oxygen atoms in total. The van der Waals surface area contributed by atoms with Crippen LogP contribution < -0.4 is 40.2 Å². The molecule has 4 aromatic carbocycles. The molecule has 24 heteroatoms. The van der Waals surface area contributed by atoms with Gasteiger partial charge in [0.05, 0.1) is 22.1 Å². The molecule has 0 saturated heterocycles. The molecule has 6 aromatic rings. The van der Waals surface area contributed by atoms with Crippen LogP contribution in [-0.4, -0.2) is 92.1 Å². The number of carbonyl (C=O) groups excluding carboxylic acids is 2. The number of halogens is 6. The van der Waals surface area contributed by atoms with E-state index in [0.717, 1.165) is 49.6 Å². The van der Waals surface area contributed by atoms with E-state index in [-0.39, 0.29) is 47.6 Å². The van der Waals surface area contributed by atoms with Crippen LogP contribution in [0.5, 0.6) is 23.0 Å². The second-order valence-corrected chi connectivity index (χ2v) is 21.4. The summed E-state index contributed by atoms with van der Waals surface area (Å²) in [4.78, 5) is 54.5. The van der Waals surface area contributed by atoms with Gasteiger partial charge in [0.1, 0.15) is 36.1 Å². The summed E-state index contributed by atoms with van der Waals surface area (Å²) in [5.74, 6) is -1.30. The van der Waals surface area contributed by atoms with Crippen LogP contribution in [0.25, 0.3) is 22.1 Å². The summed E-state index contributed by atoms with van der Waals surface area (Å²) < 4.78 is 98.6. The van der Waals surface area contributed by atoms with E-state index < -0.39 is 49.6 Å². The first-order chi connectivity index (χ1) is 36.6. The lowest BCUT2D eigenvalue weighted by atomic mass is 9.70. The Morgan fingerprint density at radius 2 is 0.910 bits per heavy atom. The van der Waals surface area contributed by atoms with E-state index in [0.29, 0.717) is 57.6 Å². The van der Waals surface area contributed by atoms with Crippen LogP contribution in [0.2, 0.25) is 0 Å². The number of benzene rings is 4. The minimum atomic E-state index is -4.77. The monoisotopic (exact) mass is 1100 g/mol. The Morgan fingerprint density at radius 3 is 1.23 bits per heavy atom. The number of carboxylic acid groups (broad SMARTS) is 2. The van der Waals surface area contributed by atoms with Gasteiger partial charge in [-0.3, -0.25) is 19.2 Å². The zero-order chi connectivity index (χ0) is 56.7. The fourth-order valence-electron chi connectivity index (χ4n) is 10.7. The molecule has 0 radical (unpaired) electrons. The van der Waals surface area contributed by atoms with Crippen molar-refractivity contribution in [1.82, 2.24) is 29.7 Å². The topological polar surface area (TPSA) is 229 Å². The molecule has 0 spiro atoms. The van der Waals surface area contributed by atoms with Crippen LogP contribution in [0.4, 0.5) is 49.6 Å². The number of anilines is 4. The first kappa shape index (κ1) is 57.8. The minimum Gasteiger partial charge on any atom is -0.484 e. The molecule has 2 aromatic heterocycles. The molecule has 2 fully saturated rings. The number of nitrogens with one attached hydrogen (secondary N) is 4. The van der Waals surface area contributed by atoms with Crippen molar-refractivity contribution < 1.29 is 74.7 Å². The number of nitrogens with zero attached hydrogens (tertiary/aromatic N) is 4. The normalized spacial score (nSPS) is 18.9. The molecule has 0 unspecified atom stereocenters. The number of hydrogen-bond acceptors (Lipinski definition) is 12. The Hall–Kier alpha value is -7.92. The number of amides is 2. The molecule has 0 aliphatic heterocycles. The van der Waals surface area contributed by atoms with Crippen molar-refractivity contribution in [3.8, 4) is 23.0 Å². The summed E-state index contributed by atoms with van der Waals surface area (Å²) in [6.45, 7) is 11.7. The fourth-order valence-corrected chi connectivity index (χ4v) is 10.7. The van der Waals surface area contributed by atoms with Crippen LogP contribution in [0, 0.1) is 22.7 Å². The largest absolute Gasteiger partial charge is 0.573 e. The Labute approximate surface area is 444 Å². The van der Waals surface area contributed by atoms with Crippen LogP contribution in [0.1, 0.15) is 92.2 Å². The predicted molar refractivity (Wildman–Crippen MR) is 276 cm³/mol. The molecule has 8 rings (SSSR count). The van der Waals surface area contributed by atoms with E-state index >= 15 is 0 Å². The van der Waals surface area contributed by atoms with Gasteiger partial charge in [0.15, 0.2) is 13.2 Å². The fraction of sp³-hybridized carbons (Fsp3) is 0.444. The summed E-state index contributed by atoms with van der Waals surface area (Å²) in [7, 11) is 0. The predicted octanol–water partition coefficient (Wildman–Crippen LogP) is 11.3. The first-order valence-electron chi connectivity index (χ1n) is 25.1. The molecule has 2 aliphatic rings. The highest BCUT2D eigenvalue weighted by Crippen LogP contribution is 2.48. The SMILES string of the molecule is C[C@@H]1C[C@H](n2c(Nc3ccc(OC(F)(F)F)cc3)nc3cc(OCC(=O)NCC(=O)O)ccc32)CC(C)(C)C1.C[C@H]1C[C@@H](n2c(Nc3ccc(OC(F)(F)F)cc3)nc3cc(OCC(=O)NCC(=O)O)ccc32)CC(C)(C)C1. The van der Waals surface area contributed by atoms with Crippen molar-refractivity contribution in [1.29, 1.82) is 0 Å². The highest BCUT2D eigenvalue weighted by atomic mass is 19.4. The third-order valence-corrected chi connectivity index (χ3v) is 13.1. The third kappa shape index (κ3) is 16.5. The van der Waals surface area contributed by atoms with E-state index in [1.165, 1.54) is 48.5 Å². The average molecular weight is 1100 g/mol. The molecule has 0 bridgehead atoms. The van der Waals surface area contributed by atoms with Gasteiger partial charge < -0.3 is 59.6 Å². The van der Waals surface area contributed by atoms with Gasteiger partial charge in [0.2, 0.25) is 11.9 Å². The number of carboxylic acids is 2. The van der Waals surface area contributed by atoms with Crippen molar-refractivity contribution in [2.75, 3.05) is 36.9 Å². The van der Waals surface area contributed by atoms with Crippen molar-refractivity contribution in [2.45, 2.75) is 105 Å². The lowest BCUT2D eigenvalue weighted by molar-refractivity contribution is -0.275. The number of rotatable bonds is 18. The number of imidazole rings is 2. The van der Waals surface area contributed by atoms with Gasteiger partial charge in [-0.1, -0.05) is 41.5 Å². The van der Waals surface area contributed by atoms with E-state index in [2.05, 4.69) is 81.4 Å². The van der Waals surface area contributed by atoms with Crippen LogP contribution in [-0.2, 0) is 19.2 Å². The molecule has 2 amide bonds. The second kappa shape index (κ2) is 23.8. The summed E-state index contributed by atoms with van der Waals surface area (Å²) in [6.07, 6.45) is -3.65. The molecular weight excluding hydrogens is 1030 g/mol. The quantitative estimate of drug-likeness (QED) is 0.0440. The Bertz CT molecular complexity index is 2880. The van der Waals surface area contributed by atoms with Gasteiger partial charge in [0, 0.05) is 35.6 Å². The van der Waals surface area contributed by atoms with Crippen molar-refractivity contribution >= 4 is 69.1 Å².